The number of carbonyl (C=O) groups is 1. The quantitative estimate of drug-likeness (QED) is 0.496. The summed E-state index contributed by atoms with van der Waals surface area (Å²) in [6.07, 6.45) is 3.18. The molecule has 1 amide bonds. The zero-order chi connectivity index (χ0) is 21.4. The van der Waals surface area contributed by atoms with Gasteiger partial charge in [0.25, 0.3) is 0 Å². The summed E-state index contributed by atoms with van der Waals surface area (Å²) in [5.74, 6) is 1.72. The SMILES string of the molecule is COc1ccc(-c2cc(C3(C(=O)Nc4cccc5ncccc45)CC3)no2)cc1OC. The minimum absolute atomic E-state index is 0.0870. The molecule has 1 N–H and O–H groups in total. The number of pyridine rings is 1. The number of ether oxygens (including phenoxy) is 2. The molecule has 0 unspecified atom stereocenters. The summed E-state index contributed by atoms with van der Waals surface area (Å²) in [4.78, 5) is 17.6. The van der Waals surface area contributed by atoms with Crippen LogP contribution in [0.25, 0.3) is 22.2 Å². The minimum Gasteiger partial charge on any atom is -0.493 e. The van der Waals surface area contributed by atoms with Crippen LogP contribution in [0.2, 0.25) is 0 Å². The van der Waals surface area contributed by atoms with Crippen LogP contribution in [-0.4, -0.2) is 30.3 Å². The first-order chi connectivity index (χ1) is 15.1. The minimum atomic E-state index is -0.678. The Morgan fingerprint density at radius 3 is 2.65 bits per heavy atom. The Kier molecular flexibility index (Phi) is 4.58. The molecule has 7 nitrogen and oxygen atoms in total. The van der Waals surface area contributed by atoms with Gasteiger partial charge in [0.2, 0.25) is 5.91 Å². The van der Waals surface area contributed by atoms with Crippen LogP contribution in [0.15, 0.2) is 65.3 Å². The van der Waals surface area contributed by atoms with Crippen molar-refractivity contribution in [3.8, 4) is 22.8 Å². The van der Waals surface area contributed by atoms with Crippen molar-refractivity contribution in [2.45, 2.75) is 18.3 Å². The standard InChI is InChI=1S/C24H21N3O4/c1-29-19-9-8-15(13-21(19)30-2)20-14-22(27-31-20)24(10-11-24)23(28)26-18-7-3-6-17-16(18)5-4-12-25-17/h3-9,12-14H,10-11H2,1-2H3,(H,26,28). The molecule has 1 aliphatic carbocycles. The number of fused-ring (bicyclic) bond motifs is 1. The van der Waals surface area contributed by atoms with Gasteiger partial charge in [0.15, 0.2) is 17.3 Å². The summed E-state index contributed by atoms with van der Waals surface area (Å²) in [6.45, 7) is 0. The van der Waals surface area contributed by atoms with Crippen molar-refractivity contribution in [1.82, 2.24) is 10.1 Å². The van der Waals surface area contributed by atoms with Crippen molar-refractivity contribution in [3.63, 3.8) is 0 Å². The van der Waals surface area contributed by atoms with Crippen molar-refractivity contribution in [2.24, 2.45) is 0 Å². The van der Waals surface area contributed by atoms with Gasteiger partial charge in [0, 0.05) is 23.2 Å². The van der Waals surface area contributed by atoms with Crippen LogP contribution in [0.5, 0.6) is 11.5 Å². The lowest BCUT2D eigenvalue weighted by molar-refractivity contribution is -0.118. The molecule has 0 radical (unpaired) electrons. The van der Waals surface area contributed by atoms with Gasteiger partial charge in [-0.3, -0.25) is 9.78 Å². The lowest BCUT2D eigenvalue weighted by Crippen LogP contribution is -2.28. The molecule has 2 aromatic heterocycles. The summed E-state index contributed by atoms with van der Waals surface area (Å²) < 4.78 is 16.2. The normalized spacial score (nSPS) is 14.3. The number of aromatic nitrogens is 2. The second kappa shape index (κ2) is 7.43. The Morgan fingerprint density at radius 1 is 1.03 bits per heavy atom. The Balaban J connectivity index is 1.42. The molecule has 0 spiro atoms. The molecule has 31 heavy (non-hydrogen) atoms. The smallest absolute Gasteiger partial charge is 0.236 e. The van der Waals surface area contributed by atoms with E-state index in [0.29, 0.717) is 23.0 Å². The summed E-state index contributed by atoms with van der Waals surface area (Å²) in [5, 5.41) is 8.20. The highest BCUT2D eigenvalue weighted by Crippen LogP contribution is 2.49. The monoisotopic (exact) mass is 415 g/mol. The van der Waals surface area contributed by atoms with Crippen molar-refractivity contribution >= 4 is 22.5 Å². The van der Waals surface area contributed by atoms with Crippen LogP contribution in [0.1, 0.15) is 18.5 Å². The fraction of sp³-hybridized carbons (Fsp3) is 0.208. The van der Waals surface area contributed by atoms with Crippen LogP contribution in [0.4, 0.5) is 5.69 Å². The second-order valence-corrected chi connectivity index (χ2v) is 7.56. The Bertz CT molecular complexity index is 1270. The molecular weight excluding hydrogens is 394 g/mol. The van der Waals surface area contributed by atoms with E-state index in [1.54, 1.807) is 20.4 Å². The molecule has 0 atom stereocenters. The van der Waals surface area contributed by atoms with E-state index in [4.69, 9.17) is 14.0 Å². The predicted octanol–water partition coefficient (Wildman–Crippen LogP) is 4.58. The maximum Gasteiger partial charge on any atom is 0.236 e. The van der Waals surface area contributed by atoms with E-state index < -0.39 is 5.41 Å². The topological polar surface area (TPSA) is 86.5 Å². The number of nitrogens with one attached hydrogen (secondary N) is 1. The molecule has 156 valence electrons. The molecule has 7 heteroatoms. The number of nitrogens with zero attached hydrogens (tertiary/aromatic N) is 2. The molecule has 0 bridgehead atoms. The molecule has 2 heterocycles. The van der Waals surface area contributed by atoms with E-state index in [0.717, 1.165) is 35.0 Å². The highest BCUT2D eigenvalue weighted by Gasteiger charge is 2.54. The van der Waals surface area contributed by atoms with Crippen LogP contribution in [-0.2, 0) is 10.2 Å². The average molecular weight is 415 g/mol. The van der Waals surface area contributed by atoms with Gasteiger partial charge >= 0.3 is 0 Å². The van der Waals surface area contributed by atoms with Crippen molar-refractivity contribution in [1.29, 1.82) is 0 Å². The number of rotatable bonds is 6. The first-order valence-electron chi connectivity index (χ1n) is 9.99. The van der Waals surface area contributed by atoms with E-state index in [9.17, 15) is 4.79 Å². The number of methoxy groups -OCH3 is 2. The molecular formula is C24H21N3O4. The summed E-state index contributed by atoms with van der Waals surface area (Å²) >= 11 is 0. The lowest BCUT2D eigenvalue weighted by Gasteiger charge is -2.14. The van der Waals surface area contributed by atoms with Crippen LogP contribution in [0.3, 0.4) is 0 Å². The average Bonchev–Trinajstić information content (AvgIpc) is 3.48. The number of hydrogen-bond acceptors (Lipinski definition) is 6. The molecule has 4 aromatic rings. The van der Waals surface area contributed by atoms with Gasteiger partial charge in [-0.25, -0.2) is 0 Å². The van der Waals surface area contributed by atoms with Crippen LogP contribution in [0, 0.1) is 0 Å². The van der Waals surface area contributed by atoms with Gasteiger partial charge in [-0.05, 0) is 55.3 Å². The molecule has 5 rings (SSSR count). The number of carbonyl (C=O) groups excluding carboxylic acids is 1. The van der Waals surface area contributed by atoms with Crippen molar-refractivity contribution in [3.05, 3.63) is 66.5 Å². The fourth-order valence-corrected chi connectivity index (χ4v) is 3.81. The summed E-state index contributed by atoms with van der Waals surface area (Å²) in [5.41, 5.74) is 2.33. The first-order valence-corrected chi connectivity index (χ1v) is 9.99. The Morgan fingerprint density at radius 2 is 1.87 bits per heavy atom. The van der Waals surface area contributed by atoms with Crippen LogP contribution >= 0.6 is 0 Å². The van der Waals surface area contributed by atoms with Crippen molar-refractivity contribution < 1.29 is 18.8 Å². The van der Waals surface area contributed by atoms with Gasteiger partial charge in [-0.2, -0.15) is 0 Å². The third kappa shape index (κ3) is 3.28. The van der Waals surface area contributed by atoms with Gasteiger partial charge in [-0.1, -0.05) is 11.2 Å². The number of anilines is 1. The number of amides is 1. The van der Waals surface area contributed by atoms with Gasteiger partial charge in [0.05, 0.1) is 36.5 Å². The molecule has 1 fully saturated rings. The van der Waals surface area contributed by atoms with E-state index in [-0.39, 0.29) is 5.91 Å². The molecule has 2 aromatic carbocycles. The van der Waals surface area contributed by atoms with Gasteiger partial charge in [-0.15, -0.1) is 0 Å². The maximum absolute atomic E-state index is 13.2. The highest BCUT2D eigenvalue weighted by atomic mass is 16.5. The van der Waals surface area contributed by atoms with E-state index >= 15 is 0 Å². The predicted molar refractivity (Wildman–Crippen MR) is 116 cm³/mol. The molecule has 1 aliphatic rings. The lowest BCUT2D eigenvalue weighted by atomic mass is 9.99. The van der Waals surface area contributed by atoms with Crippen LogP contribution < -0.4 is 14.8 Å². The highest BCUT2D eigenvalue weighted by molar-refractivity contribution is 6.06. The van der Waals surface area contributed by atoms with Crippen molar-refractivity contribution in [2.75, 3.05) is 19.5 Å². The number of benzene rings is 2. The van der Waals surface area contributed by atoms with Gasteiger partial charge < -0.3 is 19.3 Å². The largest absolute Gasteiger partial charge is 0.493 e. The molecule has 0 saturated heterocycles. The maximum atomic E-state index is 13.2. The Hall–Kier alpha value is -3.87. The van der Waals surface area contributed by atoms with E-state index in [1.807, 2.05) is 54.6 Å². The molecule has 0 aliphatic heterocycles. The number of hydrogen-bond donors (Lipinski definition) is 1. The summed E-state index contributed by atoms with van der Waals surface area (Å²) in [6, 6.07) is 16.8. The zero-order valence-corrected chi connectivity index (χ0v) is 17.2. The third-order valence-corrected chi connectivity index (χ3v) is 5.75. The van der Waals surface area contributed by atoms with E-state index in [1.165, 1.54) is 0 Å². The molecule has 1 saturated carbocycles. The summed E-state index contributed by atoms with van der Waals surface area (Å²) in [7, 11) is 3.17. The zero-order valence-electron chi connectivity index (χ0n) is 17.2. The van der Waals surface area contributed by atoms with E-state index in [2.05, 4.69) is 15.5 Å². The van der Waals surface area contributed by atoms with Gasteiger partial charge in [0.1, 0.15) is 0 Å². The first kappa shape index (κ1) is 19.1. The third-order valence-electron chi connectivity index (χ3n) is 5.75. The fourth-order valence-electron chi connectivity index (χ4n) is 3.81. The second-order valence-electron chi connectivity index (χ2n) is 7.56. The Labute approximate surface area is 179 Å².